The van der Waals surface area contributed by atoms with Crippen molar-refractivity contribution >= 4 is 17.0 Å². The van der Waals surface area contributed by atoms with Crippen LogP contribution in [0.25, 0.3) is 11.0 Å². The molecule has 2 heterocycles. The fourth-order valence-corrected chi connectivity index (χ4v) is 2.07. The maximum absolute atomic E-state index is 12.2. The molecule has 0 saturated heterocycles. The lowest BCUT2D eigenvalue weighted by Crippen LogP contribution is -2.20. The van der Waals surface area contributed by atoms with E-state index in [1.54, 1.807) is 19.2 Å². The number of ether oxygens (including phenoxy) is 1. The zero-order chi connectivity index (χ0) is 13.3. The summed E-state index contributed by atoms with van der Waals surface area (Å²) in [5.41, 5.74) is 0.640. The maximum atomic E-state index is 12.2. The molecule has 0 saturated carbocycles. The molecule has 0 unspecified atom stereocenters. The summed E-state index contributed by atoms with van der Waals surface area (Å²) in [5.74, 6) is -0.560. The molecule has 2 rings (SSSR count). The van der Waals surface area contributed by atoms with Crippen LogP contribution in [0.5, 0.6) is 0 Å². The number of carbonyl (C=O) groups excluding carboxylic acids is 1. The fraction of sp³-hybridized carbons (Fsp3) is 0.385. The van der Waals surface area contributed by atoms with Crippen LogP contribution in [0.3, 0.4) is 0 Å². The zero-order valence-corrected chi connectivity index (χ0v) is 10.8. The third-order valence-corrected chi connectivity index (χ3v) is 2.92. The Morgan fingerprint density at radius 1 is 1.39 bits per heavy atom. The van der Waals surface area contributed by atoms with Crippen LogP contribution >= 0.6 is 0 Å². The Bertz CT molecular complexity index is 652. The highest BCUT2D eigenvalue weighted by atomic mass is 16.5. The number of aromatic nitrogens is 2. The third-order valence-electron chi connectivity index (χ3n) is 2.92. The van der Waals surface area contributed by atoms with Gasteiger partial charge in [-0.3, -0.25) is 4.79 Å². The van der Waals surface area contributed by atoms with Crippen molar-refractivity contribution in [2.75, 3.05) is 6.61 Å². The molecule has 0 amide bonds. The van der Waals surface area contributed by atoms with Crippen LogP contribution in [0, 0.1) is 0 Å². The highest BCUT2D eigenvalue weighted by Crippen LogP contribution is 2.13. The lowest BCUT2D eigenvalue weighted by molar-refractivity contribution is 0.0524. The van der Waals surface area contributed by atoms with Crippen LogP contribution in [0.2, 0.25) is 0 Å². The number of esters is 1. The van der Waals surface area contributed by atoms with E-state index in [0.717, 1.165) is 5.65 Å². The van der Waals surface area contributed by atoms with Crippen molar-refractivity contribution in [3.05, 3.63) is 34.2 Å². The first kappa shape index (κ1) is 12.4. The van der Waals surface area contributed by atoms with E-state index < -0.39 is 5.97 Å². The third kappa shape index (κ3) is 1.81. The van der Waals surface area contributed by atoms with Crippen molar-refractivity contribution < 1.29 is 9.53 Å². The minimum absolute atomic E-state index is 0.0948. The normalized spacial score (nSPS) is 10.8. The summed E-state index contributed by atoms with van der Waals surface area (Å²) in [7, 11) is 1.87. The predicted molar refractivity (Wildman–Crippen MR) is 68.8 cm³/mol. The van der Waals surface area contributed by atoms with Gasteiger partial charge in [0.15, 0.2) is 0 Å². The molecule has 0 aliphatic rings. The largest absolute Gasteiger partial charge is 0.462 e. The number of carbonyl (C=O) groups is 1. The highest BCUT2D eigenvalue weighted by Gasteiger charge is 2.17. The summed E-state index contributed by atoms with van der Waals surface area (Å²) in [6.45, 7) is 4.63. The number of rotatable bonds is 3. The molecule has 0 aliphatic heterocycles. The van der Waals surface area contributed by atoms with E-state index in [4.69, 9.17) is 4.74 Å². The quantitative estimate of drug-likeness (QED) is 0.774. The van der Waals surface area contributed by atoms with Crippen LogP contribution in [-0.4, -0.2) is 21.7 Å². The van der Waals surface area contributed by atoms with Crippen molar-refractivity contribution in [1.82, 2.24) is 9.13 Å². The van der Waals surface area contributed by atoms with Gasteiger partial charge in [-0.05, 0) is 19.9 Å². The monoisotopic (exact) mass is 248 g/mol. The van der Waals surface area contributed by atoms with Gasteiger partial charge in [-0.1, -0.05) is 0 Å². The summed E-state index contributed by atoms with van der Waals surface area (Å²) in [6.07, 6.45) is 3.38. The fourth-order valence-electron chi connectivity index (χ4n) is 2.07. The van der Waals surface area contributed by atoms with Gasteiger partial charge in [0.25, 0.3) is 0 Å². The number of nitrogens with zero attached hydrogens (tertiary/aromatic N) is 2. The second kappa shape index (κ2) is 4.68. The molecule has 0 aliphatic carbocycles. The van der Waals surface area contributed by atoms with E-state index in [1.807, 2.05) is 29.3 Å². The van der Waals surface area contributed by atoms with Gasteiger partial charge in [-0.15, -0.1) is 0 Å². The van der Waals surface area contributed by atoms with Gasteiger partial charge in [0.2, 0.25) is 5.43 Å². The Morgan fingerprint density at radius 3 is 2.72 bits per heavy atom. The lowest BCUT2D eigenvalue weighted by atomic mass is 10.2. The molecular weight excluding hydrogens is 232 g/mol. The SMILES string of the molecule is CCOC(=O)c1cn(CC)c2c(ccn2C)c1=O. The molecule has 0 atom stereocenters. The van der Waals surface area contributed by atoms with E-state index >= 15 is 0 Å². The molecule has 18 heavy (non-hydrogen) atoms. The minimum Gasteiger partial charge on any atom is -0.462 e. The van der Waals surface area contributed by atoms with Crippen molar-refractivity contribution in [3.63, 3.8) is 0 Å². The molecule has 0 fully saturated rings. The molecule has 0 bridgehead atoms. The van der Waals surface area contributed by atoms with Crippen LogP contribution in [0.4, 0.5) is 0 Å². The van der Waals surface area contributed by atoms with Crippen LogP contribution in [-0.2, 0) is 18.3 Å². The zero-order valence-electron chi connectivity index (χ0n) is 10.8. The van der Waals surface area contributed by atoms with Gasteiger partial charge < -0.3 is 13.9 Å². The van der Waals surface area contributed by atoms with Gasteiger partial charge >= 0.3 is 5.97 Å². The number of hydrogen-bond donors (Lipinski definition) is 0. The van der Waals surface area contributed by atoms with E-state index in [-0.39, 0.29) is 17.6 Å². The van der Waals surface area contributed by atoms with Gasteiger partial charge in [0, 0.05) is 26.0 Å². The average Bonchev–Trinajstić information content (AvgIpc) is 2.73. The Morgan fingerprint density at radius 2 is 2.11 bits per heavy atom. The maximum Gasteiger partial charge on any atom is 0.343 e. The smallest absolute Gasteiger partial charge is 0.343 e. The standard InChI is InChI=1S/C13H16N2O3/c1-4-15-8-10(13(17)18-5-2)11(16)9-6-7-14(3)12(9)15/h6-8H,4-5H2,1-3H3. The van der Waals surface area contributed by atoms with Gasteiger partial charge in [0.1, 0.15) is 11.2 Å². The lowest BCUT2D eigenvalue weighted by Gasteiger charge is -2.10. The van der Waals surface area contributed by atoms with Crippen molar-refractivity contribution in [1.29, 1.82) is 0 Å². The van der Waals surface area contributed by atoms with Crippen molar-refractivity contribution in [2.24, 2.45) is 7.05 Å². The van der Waals surface area contributed by atoms with E-state index in [9.17, 15) is 9.59 Å². The Labute approximate surface area is 105 Å². The summed E-state index contributed by atoms with van der Waals surface area (Å²) in [6, 6.07) is 1.73. The van der Waals surface area contributed by atoms with Gasteiger partial charge in [-0.25, -0.2) is 4.79 Å². The summed E-state index contributed by atoms with van der Waals surface area (Å²) >= 11 is 0. The number of hydrogen-bond acceptors (Lipinski definition) is 3. The number of pyridine rings is 1. The molecular formula is C13H16N2O3. The molecule has 0 aromatic carbocycles. The van der Waals surface area contributed by atoms with E-state index in [0.29, 0.717) is 11.9 Å². The van der Waals surface area contributed by atoms with Gasteiger partial charge in [-0.2, -0.15) is 0 Å². The number of aryl methyl sites for hydroxylation is 2. The van der Waals surface area contributed by atoms with Crippen LogP contribution in [0.15, 0.2) is 23.3 Å². The molecule has 0 radical (unpaired) electrons. The molecule has 0 spiro atoms. The molecule has 2 aromatic heterocycles. The van der Waals surface area contributed by atoms with E-state index in [2.05, 4.69) is 0 Å². The first-order chi connectivity index (χ1) is 8.60. The van der Waals surface area contributed by atoms with Gasteiger partial charge in [0.05, 0.1) is 12.0 Å². The first-order valence-corrected chi connectivity index (χ1v) is 5.95. The minimum atomic E-state index is -0.560. The molecule has 2 aromatic rings. The summed E-state index contributed by atoms with van der Waals surface area (Å²) < 4.78 is 8.65. The second-order valence-electron chi connectivity index (χ2n) is 4.04. The molecule has 96 valence electrons. The highest BCUT2D eigenvalue weighted by molar-refractivity contribution is 5.93. The first-order valence-electron chi connectivity index (χ1n) is 5.95. The molecule has 5 heteroatoms. The Hall–Kier alpha value is -2.04. The molecule has 5 nitrogen and oxygen atoms in total. The van der Waals surface area contributed by atoms with Crippen LogP contribution in [0.1, 0.15) is 24.2 Å². The van der Waals surface area contributed by atoms with Crippen molar-refractivity contribution in [2.45, 2.75) is 20.4 Å². The van der Waals surface area contributed by atoms with Crippen molar-refractivity contribution in [3.8, 4) is 0 Å². The second-order valence-corrected chi connectivity index (χ2v) is 4.04. The Balaban J connectivity index is 2.74. The molecule has 0 N–H and O–H groups in total. The topological polar surface area (TPSA) is 53.2 Å². The summed E-state index contributed by atoms with van der Waals surface area (Å²) in [4.78, 5) is 23.9. The average molecular weight is 248 g/mol. The van der Waals surface area contributed by atoms with E-state index in [1.165, 1.54) is 0 Å². The predicted octanol–water partition coefficient (Wildman–Crippen LogP) is 1.54. The van der Waals surface area contributed by atoms with Crippen LogP contribution < -0.4 is 5.43 Å². The summed E-state index contributed by atoms with van der Waals surface area (Å²) in [5, 5.41) is 0.546. The Kier molecular flexibility index (Phi) is 3.23. The number of fused-ring (bicyclic) bond motifs is 1.